The van der Waals surface area contributed by atoms with Gasteiger partial charge >= 0.3 is 6.36 Å². The van der Waals surface area contributed by atoms with E-state index in [4.69, 9.17) is 9.15 Å². The second-order valence-corrected chi connectivity index (χ2v) is 7.33. The number of oxazole rings is 1. The smallest absolute Gasteiger partial charge is 0.487 e. The van der Waals surface area contributed by atoms with Gasteiger partial charge in [0.05, 0.1) is 0 Å². The predicted molar refractivity (Wildman–Crippen MR) is 116 cm³/mol. The number of aryl methyl sites for hydroxylation is 1. The molecule has 0 fully saturated rings. The molecule has 0 saturated heterocycles. The Morgan fingerprint density at radius 3 is 2.62 bits per heavy atom. The Labute approximate surface area is 192 Å². The van der Waals surface area contributed by atoms with Crippen LogP contribution in [0, 0.1) is 6.92 Å². The quantitative estimate of drug-likeness (QED) is 0.373. The van der Waals surface area contributed by atoms with Gasteiger partial charge in [0.25, 0.3) is 0 Å². The molecule has 0 saturated carbocycles. The van der Waals surface area contributed by atoms with Gasteiger partial charge in [-0.1, -0.05) is 23.4 Å². The summed E-state index contributed by atoms with van der Waals surface area (Å²) in [6.07, 6.45) is -2.19. The molecule has 11 heteroatoms. The van der Waals surface area contributed by atoms with Crippen molar-refractivity contribution >= 4 is 5.57 Å². The molecule has 4 aromatic rings. The lowest BCUT2D eigenvalue weighted by Crippen LogP contribution is -2.16. The first-order chi connectivity index (χ1) is 16.3. The molecule has 2 aromatic carbocycles. The van der Waals surface area contributed by atoms with E-state index >= 15 is 0 Å². The van der Waals surface area contributed by atoms with E-state index in [2.05, 4.69) is 30.3 Å². The van der Waals surface area contributed by atoms with Gasteiger partial charge in [0, 0.05) is 12.0 Å². The Balaban J connectivity index is 1.41. The summed E-state index contributed by atoms with van der Waals surface area (Å²) in [5.74, 6) is 1.78. The first kappa shape index (κ1) is 23.0. The molecule has 0 amide bonds. The molecule has 2 aromatic heterocycles. The van der Waals surface area contributed by atoms with Crippen molar-refractivity contribution in [3.05, 3.63) is 77.4 Å². The summed E-state index contributed by atoms with van der Waals surface area (Å²) in [6.45, 7) is 3.90. The largest absolute Gasteiger partial charge is 0.573 e. The number of nitrogens with zero attached hydrogens (tertiary/aromatic N) is 4. The second kappa shape index (κ2) is 9.77. The Bertz CT molecular complexity index is 1270. The number of nitrogens with one attached hydrogen (secondary N) is 1. The monoisotopic (exact) mass is 471 g/mol. The number of tetrazole rings is 1. The number of rotatable bonds is 8. The number of hydrogen-bond donors (Lipinski definition) is 1. The molecule has 0 spiro atoms. The van der Waals surface area contributed by atoms with Crippen molar-refractivity contribution in [2.24, 2.45) is 0 Å². The molecular formula is C23H20F3N5O3. The van der Waals surface area contributed by atoms with Gasteiger partial charge in [0.15, 0.2) is 5.82 Å². The number of allylic oxidation sites excluding steroid dienone is 2. The number of ether oxygens (including phenoxy) is 2. The molecular weight excluding hydrogens is 451 g/mol. The SMILES string of the molecule is C/C(=C\Cc1nn[nH]n1)c1cccc(OCc2nc(-c3ccc(OC(F)(F)F)cc3)oc2C)c1. The Kier molecular flexibility index (Phi) is 6.62. The highest BCUT2D eigenvalue weighted by Crippen LogP contribution is 2.28. The zero-order valence-electron chi connectivity index (χ0n) is 18.3. The van der Waals surface area contributed by atoms with Crippen LogP contribution in [0.5, 0.6) is 11.5 Å². The molecule has 0 radical (unpaired) electrons. The highest BCUT2D eigenvalue weighted by atomic mass is 19.4. The van der Waals surface area contributed by atoms with Crippen molar-refractivity contribution in [1.82, 2.24) is 25.6 Å². The third kappa shape index (κ3) is 6.00. The highest BCUT2D eigenvalue weighted by Gasteiger charge is 2.31. The minimum Gasteiger partial charge on any atom is -0.487 e. The predicted octanol–water partition coefficient (Wildman–Crippen LogP) is 5.29. The molecule has 0 aliphatic heterocycles. The summed E-state index contributed by atoms with van der Waals surface area (Å²) in [4.78, 5) is 4.43. The normalized spacial score (nSPS) is 12.1. The number of benzene rings is 2. The van der Waals surface area contributed by atoms with Gasteiger partial charge in [-0.05, 0) is 61.4 Å². The van der Waals surface area contributed by atoms with Gasteiger partial charge in [-0.15, -0.1) is 23.4 Å². The van der Waals surface area contributed by atoms with Crippen molar-refractivity contribution in [2.75, 3.05) is 0 Å². The maximum absolute atomic E-state index is 12.3. The maximum atomic E-state index is 12.3. The van der Waals surface area contributed by atoms with Crippen LogP contribution in [0.15, 0.2) is 59.0 Å². The Morgan fingerprint density at radius 2 is 1.91 bits per heavy atom. The van der Waals surface area contributed by atoms with Crippen molar-refractivity contribution in [3.8, 4) is 23.0 Å². The van der Waals surface area contributed by atoms with Crippen LogP contribution in [0.3, 0.4) is 0 Å². The van der Waals surface area contributed by atoms with Gasteiger partial charge < -0.3 is 13.9 Å². The van der Waals surface area contributed by atoms with E-state index in [9.17, 15) is 13.2 Å². The lowest BCUT2D eigenvalue weighted by atomic mass is 10.1. The standard InChI is InChI=1S/C23H20F3N5O3/c1-14(6-11-21-28-30-31-29-21)17-4-3-5-19(12-17)32-13-20-15(2)33-22(27-20)16-7-9-18(10-8-16)34-23(24,25)26/h3-10,12H,11,13H2,1-2H3,(H,28,29,30,31)/b14-6+. The molecule has 0 aliphatic rings. The fourth-order valence-electron chi connectivity index (χ4n) is 3.10. The minimum absolute atomic E-state index is 0.166. The number of alkyl halides is 3. The van der Waals surface area contributed by atoms with Gasteiger partial charge in [-0.25, -0.2) is 4.98 Å². The molecule has 4 rings (SSSR count). The average molecular weight is 471 g/mol. The maximum Gasteiger partial charge on any atom is 0.573 e. The van der Waals surface area contributed by atoms with Crippen LogP contribution in [-0.2, 0) is 13.0 Å². The summed E-state index contributed by atoms with van der Waals surface area (Å²) >= 11 is 0. The van der Waals surface area contributed by atoms with Crippen LogP contribution in [0.25, 0.3) is 17.0 Å². The Hall–Kier alpha value is -4.15. The van der Waals surface area contributed by atoms with Crippen molar-refractivity contribution in [1.29, 1.82) is 0 Å². The topological polar surface area (TPSA) is 99.0 Å². The van der Waals surface area contributed by atoms with Crippen LogP contribution in [0.2, 0.25) is 0 Å². The number of aromatic nitrogens is 5. The van der Waals surface area contributed by atoms with E-state index in [1.165, 1.54) is 24.3 Å². The zero-order valence-corrected chi connectivity index (χ0v) is 18.3. The van der Waals surface area contributed by atoms with Gasteiger partial charge in [0.2, 0.25) is 5.89 Å². The van der Waals surface area contributed by atoms with E-state index in [0.29, 0.717) is 35.0 Å². The lowest BCUT2D eigenvalue weighted by Gasteiger charge is -2.08. The molecule has 1 N–H and O–H groups in total. The molecule has 34 heavy (non-hydrogen) atoms. The van der Waals surface area contributed by atoms with Crippen LogP contribution in [-0.4, -0.2) is 32.0 Å². The van der Waals surface area contributed by atoms with Crippen molar-refractivity contribution < 1.29 is 27.1 Å². The summed E-state index contributed by atoms with van der Waals surface area (Å²) in [7, 11) is 0. The van der Waals surface area contributed by atoms with Crippen LogP contribution in [0.1, 0.15) is 29.8 Å². The number of halogens is 3. The van der Waals surface area contributed by atoms with E-state index in [1.807, 2.05) is 37.3 Å². The third-order valence-corrected chi connectivity index (χ3v) is 4.87. The molecule has 2 heterocycles. The zero-order chi connectivity index (χ0) is 24.1. The molecule has 176 valence electrons. The van der Waals surface area contributed by atoms with Gasteiger partial charge in [0.1, 0.15) is 29.6 Å². The van der Waals surface area contributed by atoms with Crippen molar-refractivity contribution in [2.45, 2.75) is 33.2 Å². The Morgan fingerprint density at radius 1 is 1.12 bits per heavy atom. The fourth-order valence-corrected chi connectivity index (χ4v) is 3.10. The minimum atomic E-state index is -4.74. The van der Waals surface area contributed by atoms with Crippen LogP contribution < -0.4 is 9.47 Å². The number of aromatic amines is 1. The molecule has 0 unspecified atom stereocenters. The highest BCUT2D eigenvalue weighted by molar-refractivity contribution is 5.65. The molecule has 0 bridgehead atoms. The van der Waals surface area contributed by atoms with Crippen LogP contribution >= 0.6 is 0 Å². The third-order valence-electron chi connectivity index (χ3n) is 4.87. The molecule has 0 aliphatic carbocycles. The number of hydrogen-bond acceptors (Lipinski definition) is 7. The number of H-pyrrole nitrogens is 1. The molecule has 8 nitrogen and oxygen atoms in total. The summed E-state index contributed by atoms with van der Waals surface area (Å²) in [5, 5.41) is 13.8. The first-order valence-electron chi connectivity index (χ1n) is 10.2. The van der Waals surface area contributed by atoms with Gasteiger partial charge in [-0.3, -0.25) is 0 Å². The van der Waals surface area contributed by atoms with E-state index < -0.39 is 6.36 Å². The van der Waals surface area contributed by atoms with Crippen molar-refractivity contribution in [3.63, 3.8) is 0 Å². The summed E-state index contributed by atoms with van der Waals surface area (Å²) < 4.78 is 52.5. The van der Waals surface area contributed by atoms with Crippen LogP contribution in [0.4, 0.5) is 13.2 Å². The van der Waals surface area contributed by atoms with Gasteiger partial charge in [-0.2, -0.15) is 5.21 Å². The van der Waals surface area contributed by atoms with E-state index in [-0.39, 0.29) is 18.2 Å². The fraction of sp³-hybridized carbons (Fsp3) is 0.217. The average Bonchev–Trinajstić information content (AvgIpc) is 3.45. The lowest BCUT2D eigenvalue weighted by molar-refractivity contribution is -0.274. The van der Waals surface area contributed by atoms with E-state index in [0.717, 1.165) is 11.1 Å². The molecule has 0 atom stereocenters. The first-order valence-corrected chi connectivity index (χ1v) is 10.2. The second-order valence-electron chi connectivity index (χ2n) is 7.33. The van der Waals surface area contributed by atoms with E-state index in [1.54, 1.807) is 6.92 Å². The summed E-state index contributed by atoms with van der Waals surface area (Å²) in [6, 6.07) is 12.9. The summed E-state index contributed by atoms with van der Waals surface area (Å²) in [5.41, 5.74) is 3.13.